The fraction of sp³-hybridized carbons (Fsp3) is 0.231. The van der Waals surface area contributed by atoms with Gasteiger partial charge in [0.2, 0.25) is 5.88 Å². The standard InChI is InChI=1S/C13H11Cl2NO4/c1-3-19-13(18)20-12-8(6-17)11-9(15)4-7(14)5-10(11)16(12)2/h4-6H,3H2,1-2H3. The highest BCUT2D eigenvalue weighted by Crippen LogP contribution is 2.37. The fourth-order valence-corrected chi connectivity index (χ4v) is 2.53. The van der Waals surface area contributed by atoms with E-state index in [4.69, 9.17) is 32.7 Å². The number of hydrogen-bond acceptors (Lipinski definition) is 4. The van der Waals surface area contributed by atoms with E-state index in [0.29, 0.717) is 27.2 Å². The predicted molar refractivity (Wildman–Crippen MR) is 76.0 cm³/mol. The molecule has 0 amide bonds. The van der Waals surface area contributed by atoms with Gasteiger partial charge in [-0.2, -0.15) is 0 Å². The molecule has 1 aromatic carbocycles. The third-order valence-electron chi connectivity index (χ3n) is 2.76. The number of rotatable bonds is 3. The number of fused-ring (bicyclic) bond motifs is 1. The zero-order chi connectivity index (χ0) is 14.9. The Kier molecular flexibility index (Phi) is 4.20. The first-order valence-electron chi connectivity index (χ1n) is 5.76. The number of carbonyl (C=O) groups excluding carboxylic acids is 2. The third kappa shape index (κ3) is 2.46. The van der Waals surface area contributed by atoms with Crippen LogP contribution in [0.15, 0.2) is 12.1 Å². The summed E-state index contributed by atoms with van der Waals surface area (Å²) in [4.78, 5) is 22.7. The number of aromatic nitrogens is 1. The highest BCUT2D eigenvalue weighted by atomic mass is 35.5. The van der Waals surface area contributed by atoms with Crippen molar-refractivity contribution in [3.63, 3.8) is 0 Å². The smallest absolute Gasteiger partial charge is 0.434 e. The van der Waals surface area contributed by atoms with Crippen LogP contribution in [-0.4, -0.2) is 23.6 Å². The average molecular weight is 316 g/mol. The van der Waals surface area contributed by atoms with E-state index >= 15 is 0 Å². The maximum atomic E-state index is 11.4. The highest BCUT2D eigenvalue weighted by molar-refractivity contribution is 6.39. The largest absolute Gasteiger partial charge is 0.515 e. The van der Waals surface area contributed by atoms with E-state index in [0.717, 1.165) is 0 Å². The molecule has 0 spiro atoms. The van der Waals surface area contributed by atoms with Crippen LogP contribution in [0.4, 0.5) is 4.79 Å². The molecule has 0 aliphatic heterocycles. The van der Waals surface area contributed by atoms with Crippen molar-refractivity contribution in [3.05, 3.63) is 27.7 Å². The molecule has 0 saturated heterocycles. The molecule has 20 heavy (non-hydrogen) atoms. The second-order valence-corrected chi connectivity index (χ2v) is 4.81. The van der Waals surface area contributed by atoms with Crippen molar-refractivity contribution in [2.45, 2.75) is 6.92 Å². The van der Waals surface area contributed by atoms with Crippen LogP contribution in [0.3, 0.4) is 0 Å². The summed E-state index contributed by atoms with van der Waals surface area (Å²) in [6.45, 7) is 1.83. The summed E-state index contributed by atoms with van der Waals surface area (Å²) in [5.74, 6) is 0.0672. The molecule has 0 unspecified atom stereocenters. The van der Waals surface area contributed by atoms with E-state index < -0.39 is 6.16 Å². The quantitative estimate of drug-likeness (QED) is 0.638. The maximum absolute atomic E-state index is 11.4. The summed E-state index contributed by atoms with van der Waals surface area (Å²) in [6, 6.07) is 3.15. The lowest BCUT2D eigenvalue weighted by Gasteiger charge is -2.05. The van der Waals surface area contributed by atoms with Gasteiger partial charge in [0, 0.05) is 17.5 Å². The number of aryl methyl sites for hydroxylation is 1. The molecule has 2 rings (SSSR count). The molecule has 0 radical (unpaired) electrons. The van der Waals surface area contributed by atoms with Crippen molar-refractivity contribution in [2.24, 2.45) is 7.05 Å². The molecular weight excluding hydrogens is 305 g/mol. The number of ether oxygens (including phenoxy) is 2. The van der Waals surface area contributed by atoms with E-state index in [1.54, 1.807) is 20.0 Å². The minimum absolute atomic E-state index is 0.0672. The molecule has 5 nitrogen and oxygen atoms in total. The summed E-state index contributed by atoms with van der Waals surface area (Å²) >= 11 is 12.0. The zero-order valence-corrected chi connectivity index (χ0v) is 12.3. The number of aldehydes is 1. The van der Waals surface area contributed by atoms with Crippen LogP contribution in [0.2, 0.25) is 10.0 Å². The van der Waals surface area contributed by atoms with E-state index in [2.05, 4.69) is 0 Å². The molecular formula is C13H11Cl2NO4. The van der Waals surface area contributed by atoms with Crippen LogP contribution in [-0.2, 0) is 11.8 Å². The Morgan fingerprint density at radius 1 is 1.40 bits per heavy atom. The molecule has 0 N–H and O–H groups in total. The first kappa shape index (κ1) is 14.7. The monoisotopic (exact) mass is 315 g/mol. The highest BCUT2D eigenvalue weighted by Gasteiger charge is 2.21. The van der Waals surface area contributed by atoms with Crippen molar-refractivity contribution in [2.75, 3.05) is 6.61 Å². The van der Waals surface area contributed by atoms with Crippen LogP contribution >= 0.6 is 23.2 Å². The van der Waals surface area contributed by atoms with Gasteiger partial charge in [0.15, 0.2) is 6.29 Å². The molecule has 0 fully saturated rings. The topological polar surface area (TPSA) is 57.5 Å². The van der Waals surface area contributed by atoms with Crippen LogP contribution in [0.25, 0.3) is 10.9 Å². The molecule has 0 aliphatic carbocycles. The second kappa shape index (κ2) is 5.73. The normalized spacial score (nSPS) is 10.6. The summed E-state index contributed by atoms with van der Waals surface area (Å²) < 4.78 is 11.3. The first-order chi connectivity index (χ1) is 9.49. The van der Waals surface area contributed by atoms with Crippen LogP contribution in [0, 0.1) is 0 Å². The number of halogens is 2. The summed E-state index contributed by atoms with van der Waals surface area (Å²) in [5, 5.41) is 1.21. The van der Waals surface area contributed by atoms with Crippen molar-refractivity contribution in [1.29, 1.82) is 0 Å². The van der Waals surface area contributed by atoms with Crippen molar-refractivity contribution in [3.8, 4) is 5.88 Å². The average Bonchev–Trinajstić information content (AvgIpc) is 2.64. The molecule has 2 aromatic rings. The summed E-state index contributed by atoms with van der Waals surface area (Å²) in [5.41, 5.74) is 0.765. The SMILES string of the molecule is CCOC(=O)Oc1c(C=O)c2c(Cl)cc(Cl)cc2n1C. The molecule has 0 bridgehead atoms. The van der Waals surface area contributed by atoms with Gasteiger partial charge in [0.25, 0.3) is 0 Å². The van der Waals surface area contributed by atoms with Crippen molar-refractivity contribution >= 4 is 46.5 Å². The van der Waals surface area contributed by atoms with E-state index in [-0.39, 0.29) is 18.1 Å². The lowest BCUT2D eigenvalue weighted by Crippen LogP contribution is -2.13. The Morgan fingerprint density at radius 2 is 2.10 bits per heavy atom. The van der Waals surface area contributed by atoms with Crippen LogP contribution in [0.5, 0.6) is 5.88 Å². The molecule has 7 heteroatoms. The molecule has 0 saturated carbocycles. The van der Waals surface area contributed by atoms with Gasteiger partial charge in [-0.25, -0.2) is 4.79 Å². The van der Waals surface area contributed by atoms with Crippen LogP contribution < -0.4 is 4.74 Å². The van der Waals surface area contributed by atoms with Gasteiger partial charge in [-0.15, -0.1) is 0 Å². The van der Waals surface area contributed by atoms with Gasteiger partial charge in [0.05, 0.1) is 22.7 Å². The van der Waals surface area contributed by atoms with Gasteiger partial charge >= 0.3 is 6.16 Å². The van der Waals surface area contributed by atoms with Gasteiger partial charge < -0.3 is 14.0 Å². The van der Waals surface area contributed by atoms with Crippen molar-refractivity contribution in [1.82, 2.24) is 4.57 Å². The van der Waals surface area contributed by atoms with Crippen LogP contribution in [0.1, 0.15) is 17.3 Å². The number of nitrogens with zero attached hydrogens (tertiary/aromatic N) is 1. The summed E-state index contributed by atoms with van der Waals surface area (Å²) in [7, 11) is 1.64. The van der Waals surface area contributed by atoms with Gasteiger partial charge in [0.1, 0.15) is 0 Å². The fourth-order valence-electron chi connectivity index (χ4n) is 1.95. The van der Waals surface area contributed by atoms with Gasteiger partial charge in [-0.1, -0.05) is 23.2 Å². The maximum Gasteiger partial charge on any atom is 0.515 e. The Labute approximate surface area is 125 Å². The van der Waals surface area contributed by atoms with Gasteiger partial charge in [-0.05, 0) is 19.1 Å². The summed E-state index contributed by atoms with van der Waals surface area (Å²) in [6.07, 6.45) is -0.305. The Balaban J connectivity index is 2.65. The second-order valence-electron chi connectivity index (χ2n) is 3.96. The zero-order valence-electron chi connectivity index (χ0n) is 10.8. The Bertz CT molecular complexity index is 693. The minimum Gasteiger partial charge on any atom is -0.434 e. The molecule has 1 aromatic heterocycles. The van der Waals surface area contributed by atoms with E-state index in [1.807, 2.05) is 0 Å². The lowest BCUT2D eigenvalue weighted by molar-refractivity contribution is 0.100. The molecule has 0 atom stereocenters. The molecule has 106 valence electrons. The van der Waals surface area contributed by atoms with E-state index in [1.165, 1.54) is 10.6 Å². The number of hydrogen-bond donors (Lipinski definition) is 0. The Hall–Kier alpha value is -1.72. The van der Waals surface area contributed by atoms with Crippen molar-refractivity contribution < 1.29 is 19.1 Å². The Morgan fingerprint density at radius 3 is 2.70 bits per heavy atom. The predicted octanol–water partition coefficient (Wildman–Crippen LogP) is 3.83. The minimum atomic E-state index is -0.885. The molecule has 0 aliphatic rings. The van der Waals surface area contributed by atoms with Gasteiger partial charge in [-0.3, -0.25) is 4.79 Å². The van der Waals surface area contributed by atoms with E-state index in [9.17, 15) is 9.59 Å². The number of benzene rings is 1. The molecule has 1 heterocycles. The lowest BCUT2D eigenvalue weighted by atomic mass is 10.2. The first-order valence-corrected chi connectivity index (χ1v) is 6.52. The number of carbonyl (C=O) groups is 2. The third-order valence-corrected chi connectivity index (χ3v) is 3.28.